The van der Waals surface area contributed by atoms with Gasteiger partial charge in [0.15, 0.2) is 5.16 Å². The molecule has 10 heteroatoms. The topological polar surface area (TPSA) is 106 Å². The van der Waals surface area contributed by atoms with Crippen LogP contribution in [0.1, 0.15) is 25.5 Å². The highest BCUT2D eigenvalue weighted by Gasteiger charge is 2.16. The summed E-state index contributed by atoms with van der Waals surface area (Å²) in [5, 5.41) is 11.2. The average molecular weight is 383 g/mol. The predicted molar refractivity (Wildman–Crippen MR) is 97.2 cm³/mol. The van der Waals surface area contributed by atoms with Gasteiger partial charge in [-0.2, -0.15) is 0 Å². The molecule has 0 aliphatic carbocycles. The molecule has 0 saturated carbocycles. The molecule has 0 atom stereocenters. The van der Waals surface area contributed by atoms with Crippen LogP contribution in [0.5, 0.6) is 0 Å². The van der Waals surface area contributed by atoms with Crippen LogP contribution in [0.2, 0.25) is 0 Å². The lowest BCUT2D eigenvalue weighted by molar-refractivity contribution is -0.113. The summed E-state index contributed by atoms with van der Waals surface area (Å²) in [5.41, 5.74) is 1.03. The summed E-state index contributed by atoms with van der Waals surface area (Å²) in [6, 6.07) is 4.97. The largest absolute Gasteiger partial charge is 0.325 e. The van der Waals surface area contributed by atoms with Gasteiger partial charge in [0.1, 0.15) is 6.33 Å². The summed E-state index contributed by atoms with van der Waals surface area (Å²) in [5.74, 6) is -0.104. The lowest BCUT2D eigenvalue weighted by Gasteiger charge is -2.11. The van der Waals surface area contributed by atoms with Gasteiger partial charge >= 0.3 is 0 Å². The van der Waals surface area contributed by atoms with Gasteiger partial charge in [-0.05, 0) is 45.5 Å². The molecule has 0 aliphatic heterocycles. The number of nitrogens with one attached hydrogen (secondary N) is 2. The minimum atomic E-state index is -3.58. The number of carbonyl (C=O) groups is 1. The van der Waals surface area contributed by atoms with E-state index < -0.39 is 10.0 Å². The van der Waals surface area contributed by atoms with E-state index in [0.717, 1.165) is 0 Å². The fourth-order valence-corrected chi connectivity index (χ4v) is 3.93. The summed E-state index contributed by atoms with van der Waals surface area (Å²) in [7, 11) is -2.23. The zero-order valence-electron chi connectivity index (χ0n) is 14.5. The Kier molecular flexibility index (Phi) is 6.20. The van der Waals surface area contributed by atoms with Gasteiger partial charge in [0.05, 0.1) is 10.6 Å². The van der Waals surface area contributed by atoms with Crippen LogP contribution in [0.25, 0.3) is 0 Å². The van der Waals surface area contributed by atoms with E-state index in [9.17, 15) is 13.2 Å². The van der Waals surface area contributed by atoms with Gasteiger partial charge in [-0.3, -0.25) is 4.79 Å². The molecule has 1 amide bonds. The number of amides is 1. The van der Waals surface area contributed by atoms with Crippen LogP contribution >= 0.6 is 11.8 Å². The van der Waals surface area contributed by atoms with E-state index in [2.05, 4.69) is 20.2 Å². The first-order valence-electron chi connectivity index (χ1n) is 7.61. The fourth-order valence-electron chi connectivity index (χ4n) is 2.09. The van der Waals surface area contributed by atoms with Crippen LogP contribution in [-0.4, -0.2) is 41.9 Å². The van der Waals surface area contributed by atoms with Gasteiger partial charge in [0, 0.05) is 11.7 Å². The third-order valence-electron chi connectivity index (χ3n) is 3.46. The Morgan fingerprint density at radius 3 is 2.72 bits per heavy atom. The van der Waals surface area contributed by atoms with Gasteiger partial charge in [-0.25, -0.2) is 13.1 Å². The molecule has 0 spiro atoms. The maximum Gasteiger partial charge on any atom is 0.240 e. The summed E-state index contributed by atoms with van der Waals surface area (Å²) >= 11 is 1.27. The first-order chi connectivity index (χ1) is 11.7. The van der Waals surface area contributed by atoms with Crippen molar-refractivity contribution in [3.63, 3.8) is 0 Å². The maximum atomic E-state index is 12.1. The molecule has 0 fully saturated rings. The van der Waals surface area contributed by atoms with Gasteiger partial charge in [-0.15, -0.1) is 10.2 Å². The standard InChI is InChI=1S/C15H21N5O3S2/c1-10(2)20-9-17-19-15(20)24-8-14(21)18-12-6-5-11(3)13(7-12)25(22,23)16-4/h5-7,9-10,16H,8H2,1-4H3,(H,18,21). The zero-order chi connectivity index (χ0) is 18.6. The quantitative estimate of drug-likeness (QED) is 0.706. The summed E-state index contributed by atoms with van der Waals surface area (Å²) in [6.07, 6.45) is 1.62. The molecule has 0 bridgehead atoms. The van der Waals surface area contributed by atoms with E-state index >= 15 is 0 Å². The second-order valence-electron chi connectivity index (χ2n) is 5.64. The van der Waals surface area contributed by atoms with E-state index in [1.54, 1.807) is 25.4 Å². The fraction of sp³-hybridized carbons (Fsp3) is 0.400. The number of hydrogen-bond donors (Lipinski definition) is 2. The second-order valence-corrected chi connectivity index (χ2v) is 8.44. The Bertz CT molecular complexity index is 862. The van der Waals surface area contributed by atoms with Crippen LogP contribution < -0.4 is 10.0 Å². The smallest absolute Gasteiger partial charge is 0.240 e. The normalized spacial score (nSPS) is 11.7. The number of sulfonamides is 1. The Morgan fingerprint density at radius 2 is 2.08 bits per heavy atom. The van der Waals surface area contributed by atoms with Crippen LogP contribution in [0.3, 0.4) is 0 Å². The molecular weight excluding hydrogens is 362 g/mol. The monoisotopic (exact) mass is 383 g/mol. The van der Waals surface area contributed by atoms with Crippen LogP contribution in [0.15, 0.2) is 34.6 Å². The highest BCUT2D eigenvalue weighted by molar-refractivity contribution is 7.99. The molecule has 0 unspecified atom stereocenters. The van der Waals surface area contributed by atoms with Crippen LogP contribution in [0.4, 0.5) is 5.69 Å². The van der Waals surface area contributed by atoms with E-state index in [0.29, 0.717) is 16.4 Å². The van der Waals surface area contributed by atoms with Gasteiger partial charge < -0.3 is 9.88 Å². The predicted octanol–water partition coefficient (Wildman–Crippen LogP) is 1.81. The van der Waals surface area contributed by atoms with Crippen molar-refractivity contribution in [3.05, 3.63) is 30.1 Å². The van der Waals surface area contributed by atoms with Crippen molar-refractivity contribution in [1.29, 1.82) is 0 Å². The molecule has 1 aromatic carbocycles. The minimum absolute atomic E-state index is 0.139. The molecule has 2 aromatic rings. The average Bonchev–Trinajstić information content (AvgIpc) is 3.03. The summed E-state index contributed by atoms with van der Waals surface area (Å²) in [4.78, 5) is 12.3. The highest BCUT2D eigenvalue weighted by atomic mass is 32.2. The van der Waals surface area contributed by atoms with Crippen molar-refractivity contribution in [2.24, 2.45) is 0 Å². The lowest BCUT2D eigenvalue weighted by atomic mass is 10.2. The van der Waals surface area contributed by atoms with Crippen molar-refractivity contribution in [2.45, 2.75) is 36.9 Å². The number of thioether (sulfide) groups is 1. The van der Waals surface area contributed by atoms with Gasteiger partial charge in [0.2, 0.25) is 15.9 Å². The van der Waals surface area contributed by atoms with Crippen molar-refractivity contribution >= 4 is 33.4 Å². The van der Waals surface area contributed by atoms with E-state index in [4.69, 9.17) is 0 Å². The minimum Gasteiger partial charge on any atom is -0.325 e. The molecule has 0 saturated heterocycles. The molecule has 0 radical (unpaired) electrons. The Hall–Kier alpha value is -1.91. The lowest BCUT2D eigenvalue weighted by Crippen LogP contribution is -2.20. The van der Waals surface area contributed by atoms with E-state index in [1.165, 1.54) is 24.9 Å². The molecule has 1 heterocycles. The first kappa shape index (κ1) is 19.4. The molecule has 25 heavy (non-hydrogen) atoms. The van der Waals surface area contributed by atoms with E-state index in [1.807, 2.05) is 18.4 Å². The molecule has 136 valence electrons. The van der Waals surface area contributed by atoms with Crippen molar-refractivity contribution in [3.8, 4) is 0 Å². The van der Waals surface area contributed by atoms with Crippen molar-refractivity contribution < 1.29 is 13.2 Å². The number of aromatic nitrogens is 3. The third kappa shape index (κ3) is 4.80. The molecule has 0 aliphatic rings. The highest BCUT2D eigenvalue weighted by Crippen LogP contribution is 2.22. The number of anilines is 1. The summed E-state index contributed by atoms with van der Waals surface area (Å²) < 4.78 is 28.1. The number of benzene rings is 1. The molecular formula is C15H21N5O3S2. The van der Waals surface area contributed by atoms with Crippen LogP contribution in [0, 0.1) is 6.92 Å². The van der Waals surface area contributed by atoms with Crippen molar-refractivity contribution in [2.75, 3.05) is 18.1 Å². The molecule has 2 rings (SSSR count). The number of rotatable bonds is 7. The van der Waals surface area contributed by atoms with Crippen molar-refractivity contribution in [1.82, 2.24) is 19.5 Å². The number of carbonyl (C=O) groups excluding carboxylic acids is 1. The Labute approximate surface area is 151 Å². The first-order valence-corrected chi connectivity index (χ1v) is 10.1. The number of hydrogen-bond acceptors (Lipinski definition) is 6. The zero-order valence-corrected chi connectivity index (χ0v) is 16.1. The number of nitrogens with zero attached hydrogens (tertiary/aromatic N) is 3. The Morgan fingerprint density at radius 1 is 1.36 bits per heavy atom. The molecule has 8 nitrogen and oxygen atoms in total. The SMILES string of the molecule is CNS(=O)(=O)c1cc(NC(=O)CSc2nncn2C(C)C)ccc1C. The molecule has 2 N–H and O–H groups in total. The second kappa shape index (κ2) is 7.98. The maximum absolute atomic E-state index is 12.1. The summed E-state index contributed by atoms with van der Waals surface area (Å²) in [6.45, 7) is 5.71. The third-order valence-corrected chi connectivity index (χ3v) is 5.97. The molecule has 1 aromatic heterocycles. The van der Waals surface area contributed by atoms with Gasteiger partial charge in [0.25, 0.3) is 0 Å². The van der Waals surface area contributed by atoms with E-state index in [-0.39, 0.29) is 22.6 Å². The Balaban J connectivity index is 2.06. The van der Waals surface area contributed by atoms with Gasteiger partial charge in [-0.1, -0.05) is 17.8 Å². The number of aryl methyl sites for hydroxylation is 1. The van der Waals surface area contributed by atoms with Crippen LogP contribution in [-0.2, 0) is 14.8 Å².